The van der Waals surface area contributed by atoms with Gasteiger partial charge in [-0.3, -0.25) is 4.90 Å². The van der Waals surface area contributed by atoms with Gasteiger partial charge in [0.15, 0.2) is 0 Å². The van der Waals surface area contributed by atoms with E-state index in [4.69, 9.17) is 4.74 Å². The van der Waals surface area contributed by atoms with Crippen molar-refractivity contribution in [2.24, 2.45) is 0 Å². The predicted octanol–water partition coefficient (Wildman–Crippen LogP) is 1.98. The summed E-state index contributed by atoms with van der Waals surface area (Å²) in [6, 6.07) is 8.87. The normalized spacial score (nSPS) is 18.6. The zero-order chi connectivity index (χ0) is 15.1. The van der Waals surface area contributed by atoms with Crippen LogP contribution in [0.4, 0.5) is 0 Å². The molecule has 1 fully saturated rings. The van der Waals surface area contributed by atoms with Gasteiger partial charge in [0.2, 0.25) is 0 Å². The third-order valence-corrected chi connectivity index (χ3v) is 4.29. The summed E-state index contributed by atoms with van der Waals surface area (Å²) in [5.41, 5.74) is 1.33. The third-order valence-electron chi connectivity index (χ3n) is 4.29. The van der Waals surface area contributed by atoms with Crippen LogP contribution >= 0.6 is 0 Å². The van der Waals surface area contributed by atoms with E-state index in [1.165, 1.54) is 38.3 Å². The van der Waals surface area contributed by atoms with Crippen LogP contribution in [-0.2, 0) is 0 Å². The lowest BCUT2D eigenvalue weighted by Crippen LogP contribution is -2.48. The lowest BCUT2D eigenvalue weighted by atomic mass is 10.1. The van der Waals surface area contributed by atoms with Crippen molar-refractivity contribution in [2.75, 3.05) is 52.9 Å². The van der Waals surface area contributed by atoms with Gasteiger partial charge in [-0.25, -0.2) is 0 Å². The Kier molecular flexibility index (Phi) is 6.49. The van der Waals surface area contributed by atoms with Crippen molar-refractivity contribution in [3.63, 3.8) is 0 Å². The van der Waals surface area contributed by atoms with Gasteiger partial charge >= 0.3 is 0 Å². The average molecular weight is 291 g/mol. The van der Waals surface area contributed by atoms with E-state index in [-0.39, 0.29) is 0 Å². The fourth-order valence-electron chi connectivity index (χ4n) is 2.87. The first-order chi connectivity index (χ1) is 10.3. The Morgan fingerprint density at radius 1 is 1.05 bits per heavy atom. The van der Waals surface area contributed by atoms with Crippen molar-refractivity contribution in [3.8, 4) is 5.75 Å². The van der Waals surface area contributed by atoms with Crippen molar-refractivity contribution < 1.29 is 4.74 Å². The summed E-state index contributed by atoms with van der Waals surface area (Å²) >= 11 is 0. The van der Waals surface area contributed by atoms with E-state index < -0.39 is 0 Å². The zero-order valence-electron chi connectivity index (χ0n) is 13.6. The zero-order valence-corrected chi connectivity index (χ0v) is 13.6. The number of benzene rings is 1. The van der Waals surface area contributed by atoms with E-state index >= 15 is 0 Å². The average Bonchev–Trinajstić information content (AvgIpc) is 2.54. The molecule has 1 aromatic rings. The molecule has 1 aliphatic rings. The maximum Gasteiger partial charge on any atom is 0.119 e. The number of rotatable bonds is 7. The molecule has 0 aromatic heterocycles. The highest BCUT2D eigenvalue weighted by Crippen LogP contribution is 2.19. The molecule has 4 nitrogen and oxygen atoms in total. The van der Waals surface area contributed by atoms with Gasteiger partial charge in [0.25, 0.3) is 0 Å². The molecule has 1 N–H and O–H groups in total. The molecule has 4 heteroatoms. The van der Waals surface area contributed by atoms with Crippen LogP contribution in [0.5, 0.6) is 5.75 Å². The summed E-state index contributed by atoms with van der Waals surface area (Å²) < 4.78 is 5.51. The molecule has 1 saturated heterocycles. The molecule has 0 saturated carbocycles. The molecule has 0 spiro atoms. The van der Waals surface area contributed by atoms with Crippen molar-refractivity contribution in [1.82, 2.24) is 15.1 Å². The van der Waals surface area contributed by atoms with Crippen LogP contribution in [0.1, 0.15) is 25.5 Å². The minimum absolute atomic E-state index is 0.383. The van der Waals surface area contributed by atoms with Crippen LogP contribution in [0.3, 0.4) is 0 Å². The predicted molar refractivity (Wildman–Crippen MR) is 88.0 cm³/mol. The molecule has 21 heavy (non-hydrogen) atoms. The number of hydrogen-bond donors (Lipinski definition) is 1. The van der Waals surface area contributed by atoms with Crippen molar-refractivity contribution in [3.05, 3.63) is 29.8 Å². The Morgan fingerprint density at radius 2 is 1.67 bits per heavy atom. The Balaban J connectivity index is 1.90. The molecule has 2 rings (SSSR count). The minimum Gasteiger partial charge on any atom is -0.494 e. The molecule has 1 aliphatic heterocycles. The lowest BCUT2D eigenvalue weighted by molar-refractivity contribution is 0.128. The molecule has 1 unspecified atom stereocenters. The van der Waals surface area contributed by atoms with Gasteiger partial charge in [0.1, 0.15) is 5.75 Å². The highest BCUT2D eigenvalue weighted by atomic mass is 16.5. The second kappa shape index (κ2) is 8.37. The standard InChI is InChI=1S/C17H29N3O/c1-4-19-10-12-20(13-11-19)14-17(18-3)15-6-8-16(9-7-15)21-5-2/h6-9,17-18H,4-5,10-14H2,1-3H3. The highest BCUT2D eigenvalue weighted by Gasteiger charge is 2.19. The number of piperazine rings is 1. The van der Waals surface area contributed by atoms with Crippen LogP contribution in [0, 0.1) is 0 Å². The summed E-state index contributed by atoms with van der Waals surface area (Å²) in [6.07, 6.45) is 0. The molecule has 1 atom stereocenters. The summed E-state index contributed by atoms with van der Waals surface area (Å²) in [5.74, 6) is 0.952. The quantitative estimate of drug-likeness (QED) is 0.831. The smallest absolute Gasteiger partial charge is 0.119 e. The molecule has 0 aliphatic carbocycles. The summed E-state index contributed by atoms with van der Waals surface area (Å²) in [6.45, 7) is 11.9. The van der Waals surface area contributed by atoms with Gasteiger partial charge in [-0.15, -0.1) is 0 Å². The highest BCUT2D eigenvalue weighted by molar-refractivity contribution is 5.29. The first-order valence-corrected chi connectivity index (χ1v) is 8.11. The lowest BCUT2D eigenvalue weighted by Gasteiger charge is -2.36. The van der Waals surface area contributed by atoms with Crippen LogP contribution in [0.15, 0.2) is 24.3 Å². The van der Waals surface area contributed by atoms with Crippen LogP contribution < -0.4 is 10.1 Å². The number of hydrogen-bond acceptors (Lipinski definition) is 4. The van der Waals surface area contributed by atoms with Crippen molar-refractivity contribution in [2.45, 2.75) is 19.9 Å². The molecule has 1 aromatic carbocycles. The number of likely N-dealkylation sites (N-methyl/N-ethyl adjacent to an activating group) is 2. The minimum atomic E-state index is 0.383. The van der Waals surface area contributed by atoms with Crippen molar-refractivity contribution >= 4 is 0 Å². The van der Waals surface area contributed by atoms with E-state index in [1.54, 1.807) is 0 Å². The summed E-state index contributed by atoms with van der Waals surface area (Å²) in [7, 11) is 2.05. The monoisotopic (exact) mass is 291 g/mol. The second-order valence-corrected chi connectivity index (χ2v) is 5.58. The molecule has 0 bridgehead atoms. The largest absolute Gasteiger partial charge is 0.494 e. The van der Waals surface area contributed by atoms with E-state index in [9.17, 15) is 0 Å². The van der Waals surface area contributed by atoms with Gasteiger partial charge in [0, 0.05) is 38.8 Å². The van der Waals surface area contributed by atoms with Crippen molar-refractivity contribution in [1.29, 1.82) is 0 Å². The molecule has 1 heterocycles. The topological polar surface area (TPSA) is 27.7 Å². The summed E-state index contributed by atoms with van der Waals surface area (Å²) in [4.78, 5) is 5.07. The number of nitrogens with one attached hydrogen (secondary N) is 1. The summed E-state index contributed by atoms with van der Waals surface area (Å²) in [5, 5.41) is 3.45. The Bertz CT molecular complexity index is 399. The van der Waals surface area contributed by atoms with E-state index in [1.807, 2.05) is 14.0 Å². The molecular formula is C17H29N3O. The van der Waals surface area contributed by atoms with Gasteiger partial charge in [-0.05, 0) is 38.2 Å². The first kappa shape index (κ1) is 16.3. The van der Waals surface area contributed by atoms with Crippen LogP contribution in [-0.4, -0.2) is 62.7 Å². The van der Waals surface area contributed by atoms with Gasteiger partial charge < -0.3 is 15.0 Å². The van der Waals surface area contributed by atoms with Crippen LogP contribution in [0.25, 0.3) is 0 Å². The van der Waals surface area contributed by atoms with E-state index in [2.05, 4.69) is 46.3 Å². The Morgan fingerprint density at radius 3 is 2.19 bits per heavy atom. The maximum absolute atomic E-state index is 5.51. The fraction of sp³-hybridized carbons (Fsp3) is 0.647. The Hall–Kier alpha value is -1.10. The van der Waals surface area contributed by atoms with Crippen LogP contribution in [0.2, 0.25) is 0 Å². The SMILES string of the molecule is CCOc1ccc(C(CN2CCN(CC)CC2)NC)cc1. The molecule has 118 valence electrons. The second-order valence-electron chi connectivity index (χ2n) is 5.58. The first-order valence-electron chi connectivity index (χ1n) is 8.11. The molecule has 0 amide bonds. The van der Waals surface area contributed by atoms with E-state index in [0.29, 0.717) is 6.04 Å². The Labute approximate surface area is 129 Å². The molecule has 0 radical (unpaired) electrons. The maximum atomic E-state index is 5.51. The van der Waals surface area contributed by atoms with Gasteiger partial charge in [-0.2, -0.15) is 0 Å². The van der Waals surface area contributed by atoms with Gasteiger partial charge in [-0.1, -0.05) is 19.1 Å². The van der Waals surface area contributed by atoms with E-state index in [0.717, 1.165) is 18.9 Å². The molecular weight excluding hydrogens is 262 g/mol. The van der Waals surface area contributed by atoms with Gasteiger partial charge in [0.05, 0.1) is 6.61 Å². The fourth-order valence-corrected chi connectivity index (χ4v) is 2.87. The third kappa shape index (κ3) is 4.70. The number of ether oxygens (including phenoxy) is 1. The number of nitrogens with zero attached hydrogens (tertiary/aromatic N) is 2.